The van der Waals surface area contributed by atoms with Crippen LogP contribution in [-0.2, 0) is 0 Å². The highest BCUT2D eigenvalue weighted by Gasteiger charge is 2.06. The summed E-state index contributed by atoms with van der Waals surface area (Å²) in [5.41, 5.74) is 4.15. The first kappa shape index (κ1) is 11.5. The molecule has 19 heavy (non-hydrogen) atoms. The van der Waals surface area contributed by atoms with Crippen molar-refractivity contribution in [3.05, 3.63) is 78.9 Å². The summed E-state index contributed by atoms with van der Waals surface area (Å²) in [7, 11) is 0. The zero-order valence-corrected chi connectivity index (χ0v) is 10.5. The molecule has 3 rings (SSSR count). The van der Waals surface area contributed by atoms with Crippen molar-refractivity contribution in [1.29, 1.82) is 0 Å². The molecule has 0 heterocycles. The van der Waals surface area contributed by atoms with Crippen molar-refractivity contribution in [2.24, 2.45) is 0 Å². The standard InChI is InChI=1S/C18H14O/c19-18-12-11-16(14-7-3-1-4-8-14)13-17(18)15-9-5-2-6-10-15/h1-13,19H. The Balaban J connectivity index is 2.12. The van der Waals surface area contributed by atoms with E-state index in [2.05, 4.69) is 12.1 Å². The van der Waals surface area contributed by atoms with Crippen molar-refractivity contribution in [3.8, 4) is 28.0 Å². The lowest BCUT2D eigenvalue weighted by Gasteiger charge is -2.08. The molecule has 0 aliphatic heterocycles. The first-order valence-electron chi connectivity index (χ1n) is 6.28. The number of rotatable bonds is 2. The second-order valence-electron chi connectivity index (χ2n) is 4.46. The van der Waals surface area contributed by atoms with Crippen LogP contribution in [0.25, 0.3) is 22.3 Å². The topological polar surface area (TPSA) is 20.2 Å². The highest BCUT2D eigenvalue weighted by molar-refractivity contribution is 5.77. The van der Waals surface area contributed by atoms with E-state index in [1.165, 1.54) is 0 Å². The maximum Gasteiger partial charge on any atom is 0.123 e. The van der Waals surface area contributed by atoms with Crippen LogP contribution in [-0.4, -0.2) is 5.11 Å². The van der Waals surface area contributed by atoms with Crippen molar-refractivity contribution in [3.63, 3.8) is 0 Å². The van der Waals surface area contributed by atoms with Gasteiger partial charge in [-0.25, -0.2) is 0 Å². The Morgan fingerprint density at radius 1 is 0.526 bits per heavy atom. The number of phenolic OH excluding ortho intramolecular Hbond substituents is 1. The van der Waals surface area contributed by atoms with Gasteiger partial charge in [-0.3, -0.25) is 0 Å². The minimum atomic E-state index is 0.311. The summed E-state index contributed by atoms with van der Waals surface area (Å²) in [6, 6.07) is 25.8. The lowest BCUT2D eigenvalue weighted by Crippen LogP contribution is -1.82. The SMILES string of the molecule is Oc1ccc(-c2ccccc2)cc1-c1ccccc1. The molecule has 1 N–H and O–H groups in total. The Morgan fingerprint density at radius 3 is 1.74 bits per heavy atom. The quantitative estimate of drug-likeness (QED) is 0.693. The van der Waals surface area contributed by atoms with E-state index in [1.54, 1.807) is 6.07 Å². The molecule has 1 heteroatoms. The highest BCUT2D eigenvalue weighted by atomic mass is 16.3. The third-order valence-electron chi connectivity index (χ3n) is 3.19. The summed E-state index contributed by atoms with van der Waals surface area (Å²) >= 11 is 0. The molecule has 0 bridgehead atoms. The molecule has 1 nitrogen and oxygen atoms in total. The third-order valence-corrected chi connectivity index (χ3v) is 3.19. The van der Waals surface area contributed by atoms with Crippen LogP contribution in [0.1, 0.15) is 0 Å². The summed E-state index contributed by atoms with van der Waals surface area (Å²) in [4.78, 5) is 0. The molecule has 3 aromatic rings. The summed E-state index contributed by atoms with van der Waals surface area (Å²) in [6.45, 7) is 0. The van der Waals surface area contributed by atoms with Crippen molar-refractivity contribution in [2.45, 2.75) is 0 Å². The molecule has 0 saturated heterocycles. The molecule has 0 aliphatic carbocycles. The Morgan fingerprint density at radius 2 is 1.11 bits per heavy atom. The van der Waals surface area contributed by atoms with Crippen molar-refractivity contribution in [1.82, 2.24) is 0 Å². The van der Waals surface area contributed by atoms with E-state index >= 15 is 0 Å². The van der Waals surface area contributed by atoms with Crippen molar-refractivity contribution in [2.75, 3.05) is 0 Å². The fraction of sp³-hybridized carbons (Fsp3) is 0. The molecule has 0 radical (unpaired) electrons. The van der Waals surface area contributed by atoms with E-state index in [1.807, 2.05) is 60.7 Å². The van der Waals surface area contributed by atoms with Gasteiger partial charge < -0.3 is 5.11 Å². The van der Waals surface area contributed by atoms with Gasteiger partial charge in [0.2, 0.25) is 0 Å². The number of benzene rings is 3. The number of phenols is 1. The molecule has 0 fully saturated rings. The van der Waals surface area contributed by atoms with E-state index in [0.29, 0.717) is 5.75 Å². The minimum Gasteiger partial charge on any atom is -0.507 e. The maximum atomic E-state index is 10.0. The van der Waals surface area contributed by atoms with Gasteiger partial charge in [-0.05, 0) is 28.8 Å². The van der Waals surface area contributed by atoms with E-state index in [-0.39, 0.29) is 0 Å². The maximum absolute atomic E-state index is 10.0. The van der Waals surface area contributed by atoms with Crippen LogP contribution < -0.4 is 0 Å². The zero-order valence-electron chi connectivity index (χ0n) is 10.5. The highest BCUT2D eigenvalue weighted by Crippen LogP contribution is 2.33. The van der Waals surface area contributed by atoms with Gasteiger partial charge in [-0.15, -0.1) is 0 Å². The van der Waals surface area contributed by atoms with E-state index < -0.39 is 0 Å². The second kappa shape index (κ2) is 4.99. The van der Waals surface area contributed by atoms with Crippen LogP contribution in [0.5, 0.6) is 5.75 Å². The summed E-state index contributed by atoms with van der Waals surface area (Å²) < 4.78 is 0. The average molecular weight is 246 g/mol. The number of hydrogen-bond donors (Lipinski definition) is 1. The number of hydrogen-bond acceptors (Lipinski definition) is 1. The predicted molar refractivity (Wildman–Crippen MR) is 79.0 cm³/mol. The van der Waals surface area contributed by atoms with Crippen molar-refractivity contribution >= 4 is 0 Å². The molecular formula is C18H14O. The molecule has 0 aliphatic rings. The molecule has 0 saturated carbocycles. The van der Waals surface area contributed by atoms with Crippen LogP contribution in [0, 0.1) is 0 Å². The zero-order chi connectivity index (χ0) is 13.1. The lowest BCUT2D eigenvalue weighted by atomic mass is 9.98. The fourth-order valence-electron chi connectivity index (χ4n) is 2.20. The van der Waals surface area contributed by atoms with Crippen LogP contribution in [0.4, 0.5) is 0 Å². The second-order valence-corrected chi connectivity index (χ2v) is 4.46. The van der Waals surface area contributed by atoms with E-state index in [0.717, 1.165) is 22.3 Å². The smallest absolute Gasteiger partial charge is 0.123 e. The third kappa shape index (κ3) is 2.36. The summed E-state index contributed by atoms with van der Waals surface area (Å²) in [5.74, 6) is 0.311. The van der Waals surface area contributed by atoms with Gasteiger partial charge in [0.1, 0.15) is 5.75 Å². The first-order valence-corrected chi connectivity index (χ1v) is 6.28. The van der Waals surface area contributed by atoms with Gasteiger partial charge in [0, 0.05) is 5.56 Å². The largest absolute Gasteiger partial charge is 0.507 e. The van der Waals surface area contributed by atoms with Gasteiger partial charge in [0.15, 0.2) is 0 Å². The molecule has 0 aromatic heterocycles. The van der Waals surface area contributed by atoms with Crippen LogP contribution in [0.3, 0.4) is 0 Å². The Kier molecular flexibility index (Phi) is 3.03. The van der Waals surface area contributed by atoms with Gasteiger partial charge in [0.25, 0.3) is 0 Å². The Bertz CT molecular complexity index is 673. The van der Waals surface area contributed by atoms with Gasteiger partial charge >= 0.3 is 0 Å². The van der Waals surface area contributed by atoms with E-state index in [4.69, 9.17) is 0 Å². The van der Waals surface area contributed by atoms with Crippen LogP contribution in [0.15, 0.2) is 78.9 Å². The molecule has 0 atom stereocenters. The molecule has 3 aromatic carbocycles. The lowest BCUT2D eigenvalue weighted by molar-refractivity contribution is 0.477. The Hall–Kier alpha value is -2.54. The average Bonchev–Trinajstić information content (AvgIpc) is 2.49. The normalized spacial score (nSPS) is 10.3. The van der Waals surface area contributed by atoms with Gasteiger partial charge in [0.05, 0.1) is 0 Å². The van der Waals surface area contributed by atoms with Crippen LogP contribution >= 0.6 is 0 Å². The Labute approximate surface area is 112 Å². The first-order chi connectivity index (χ1) is 9.34. The van der Waals surface area contributed by atoms with Crippen molar-refractivity contribution < 1.29 is 5.11 Å². The number of aromatic hydroxyl groups is 1. The molecule has 92 valence electrons. The monoisotopic (exact) mass is 246 g/mol. The predicted octanol–water partition coefficient (Wildman–Crippen LogP) is 4.73. The minimum absolute atomic E-state index is 0.311. The van der Waals surface area contributed by atoms with Gasteiger partial charge in [-0.2, -0.15) is 0 Å². The summed E-state index contributed by atoms with van der Waals surface area (Å²) in [5, 5.41) is 10.0. The van der Waals surface area contributed by atoms with E-state index in [9.17, 15) is 5.11 Å². The van der Waals surface area contributed by atoms with Crippen LogP contribution in [0.2, 0.25) is 0 Å². The molecule has 0 unspecified atom stereocenters. The fourth-order valence-corrected chi connectivity index (χ4v) is 2.20. The van der Waals surface area contributed by atoms with Gasteiger partial charge in [-0.1, -0.05) is 66.7 Å². The molecule has 0 spiro atoms. The molecule has 0 amide bonds. The molecular weight excluding hydrogens is 232 g/mol. The summed E-state index contributed by atoms with van der Waals surface area (Å²) in [6.07, 6.45) is 0.